The fourth-order valence-electron chi connectivity index (χ4n) is 5.08. The van der Waals surface area contributed by atoms with Crippen molar-refractivity contribution in [3.05, 3.63) is 71.8 Å². The number of hydrogen-bond donors (Lipinski definition) is 2. The molecule has 1 amide bonds. The Morgan fingerprint density at radius 3 is 2.56 bits per heavy atom. The summed E-state index contributed by atoms with van der Waals surface area (Å²) in [5, 5.41) is 21.0. The second kappa shape index (κ2) is 13.8. The van der Waals surface area contributed by atoms with Crippen LogP contribution in [0, 0.1) is 5.82 Å². The number of carboxylic acid groups (broad SMARTS) is 1. The largest absolute Gasteiger partial charge is 0.508 e. The third-order valence-corrected chi connectivity index (χ3v) is 7.39. The average molecular weight is 609 g/mol. The van der Waals surface area contributed by atoms with Gasteiger partial charge in [0, 0.05) is 37.1 Å². The minimum absolute atomic E-state index is 0.00306. The van der Waals surface area contributed by atoms with Crippen molar-refractivity contribution >= 4 is 51.0 Å². The van der Waals surface area contributed by atoms with Gasteiger partial charge >= 0.3 is 5.97 Å². The molecule has 1 saturated heterocycles. The molecule has 0 bridgehead atoms. The summed E-state index contributed by atoms with van der Waals surface area (Å²) in [5.74, 6) is -1.21. The van der Waals surface area contributed by atoms with Crippen molar-refractivity contribution in [2.24, 2.45) is 0 Å². The molecule has 1 aliphatic heterocycles. The first-order valence-electron chi connectivity index (χ1n) is 13.8. The fraction of sp³-hybridized carbons (Fsp3) is 0.290. The van der Waals surface area contributed by atoms with Crippen molar-refractivity contribution in [3.63, 3.8) is 0 Å². The third-order valence-electron chi connectivity index (χ3n) is 7.09. The van der Waals surface area contributed by atoms with Crippen LogP contribution in [-0.2, 0) is 19.1 Å². The van der Waals surface area contributed by atoms with E-state index in [1.165, 1.54) is 18.5 Å². The molecule has 10 nitrogen and oxygen atoms in total. The van der Waals surface area contributed by atoms with Gasteiger partial charge in [-0.25, -0.2) is 19.2 Å². The molecule has 0 aliphatic carbocycles. The quantitative estimate of drug-likeness (QED) is 0.185. The lowest BCUT2D eigenvalue weighted by atomic mass is 9.96. The molecule has 0 atom stereocenters. The number of piperazine rings is 1. The minimum atomic E-state index is -1.03. The number of rotatable bonds is 11. The van der Waals surface area contributed by atoms with Gasteiger partial charge < -0.3 is 29.5 Å². The van der Waals surface area contributed by atoms with Gasteiger partial charge in [-0.2, -0.15) is 0 Å². The van der Waals surface area contributed by atoms with Crippen LogP contribution < -0.4 is 4.90 Å². The maximum Gasteiger partial charge on any atom is 0.329 e. The number of halogens is 2. The van der Waals surface area contributed by atoms with Crippen LogP contribution in [0.15, 0.2) is 60.9 Å². The zero-order valence-corrected chi connectivity index (χ0v) is 24.0. The summed E-state index contributed by atoms with van der Waals surface area (Å²) in [6.45, 7) is 2.38. The van der Waals surface area contributed by atoms with Crippen molar-refractivity contribution < 1.29 is 33.7 Å². The molecule has 2 N–H and O–H groups in total. The molecule has 0 spiro atoms. The number of phenols is 1. The van der Waals surface area contributed by atoms with Gasteiger partial charge in [0.05, 0.1) is 24.8 Å². The first kappa shape index (κ1) is 30.1. The monoisotopic (exact) mass is 608 g/mol. The number of aliphatic carboxylic acids is 1. The molecule has 43 heavy (non-hydrogen) atoms. The predicted molar refractivity (Wildman–Crippen MR) is 161 cm³/mol. The van der Waals surface area contributed by atoms with Crippen LogP contribution in [0.4, 0.5) is 10.2 Å². The van der Waals surface area contributed by atoms with E-state index >= 15 is 4.39 Å². The Bertz CT molecular complexity index is 1680. The highest BCUT2D eigenvalue weighted by molar-refractivity contribution is 6.35. The Hall–Kier alpha value is -4.32. The van der Waals surface area contributed by atoms with E-state index < -0.39 is 11.8 Å². The normalized spacial score (nSPS) is 13.8. The van der Waals surface area contributed by atoms with Crippen molar-refractivity contribution in [1.82, 2.24) is 14.9 Å². The van der Waals surface area contributed by atoms with Crippen molar-refractivity contribution in [3.8, 4) is 16.9 Å². The Morgan fingerprint density at radius 2 is 1.77 bits per heavy atom. The summed E-state index contributed by atoms with van der Waals surface area (Å²) in [7, 11) is 0. The highest BCUT2D eigenvalue weighted by Crippen LogP contribution is 2.41. The highest BCUT2D eigenvalue weighted by atomic mass is 35.5. The van der Waals surface area contributed by atoms with Gasteiger partial charge in [-0.15, -0.1) is 0 Å². The third kappa shape index (κ3) is 7.02. The Balaban J connectivity index is 1.24. The number of carbonyl (C=O) groups is 2. The van der Waals surface area contributed by atoms with Crippen molar-refractivity contribution in [2.75, 3.05) is 57.5 Å². The summed E-state index contributed by atoms with van der Waals surface area (Å²) < 4.78 is 26.3. The highest BCUT2D eigenvalue weighted by Gasteiger charge is 2.25. The van der Waals surface area contributed by atoms with Gasteiger partial charge in [0.25, 0.3) is 0 Å². The Kier molecular flexibility index (Phi) is 9.65. The molecule has 0 saturated carbocycles. The molecule has 1 aromatic heterocycles. The van der Waals surface area contributed by atoms with E-state index in [1.807, 2.05) is 29.2 Å². The van der Waals surface area contributed by atoms with E-state index in [-0.39, 0.29) is 47.6 Å². The lowest BCUT2D eigenvalue weighted by Crippen LogP contribution is -2.48. The SMILES string of the molecule is O=C(O)COCCOCC/C=C/C(=O)N1CCN(c2ncnc3c(F)c(-c4cc(O)cc5ccccc45)c(Cl)cc23)CC1. The Labute approximate surface area is 251 Å². The number of anilines is 1. The van der Waals surface area contributed by atoms with Crippen LogP contribution in [0.1, 0.15) is 6.42 Å². The second-order valence-corrected chi connectivity index (χ2v) is 10.3. The maximum atomic E-state index is 16.1. The number of nitrogens with zero attached hydrogens (tertiary/aromatic N) is 4. The summed E-state index contributed by atoms with van der Waals surface area (Å²) >= 11 is 6.69. The van der Waals surface area contributed by atoms with Gasteiger partial charge in [-0.3, -0.25) is 4.79 Å². The van der Waals surface area contributed by atoms with Crippen LogP contribution >= 0.6 is 11.6 Å². The zero-order valence-electron chi connectivity index (χ0n) is 23.2. The number of carboxylic acids is 1. The number of phenolic OH excluding ortho intramolecular Hbond substituents is 1. The maximum absolute atomic E-state index is 16.1. The van der Waals surface area contributed by atoms with Gasteiger partial charge in [0.2, 0.25) is 5.91 Å². The molecule has 5 rings (SSSR count). The minimum Gasteiger partial charge on any atom is -0.508 e. The molecule has 4 aromatic rings. The number of carbonyl (C=O) groups excluding carboxylic acids is 1. The standard InChI is InChI=1S/C31H30ClFN4O6/c32-25-17-24-30(29(33)28(25)23-16-21(38)15-20-5-1-2-6-22(20)23)34-19-35-31(24)37-10-8-36(9-11-37)26(39)7-3-4-12-42-13-14-43-18-27(40)41/h1-3,5-7,15-17,19,38H,4,8-14,18H2,(H,40,41)/b7-3+. The smallest absolute Gasteiger partial charge is 0.329 e. The lowest BCUT2D eigenvalue weighted by Gasteiger charge is -2.35. The topological polar surface area (TPSA) is 125 Å². The van der Waals surface area contributed by atoms with Crippen LogP contribution in [-0.4, -0.2) is 89.6 Å². The van der Waals surface area contributed by atoms with Crippen molar-refractivity contribution in [1.29, 1.82) is 0 Å². The first-order chi connectivity index (χ1) is 20.8. The van der Waals surface area contributed by atoms with E-state index in [2.05, 4.69) is 9.97 Å². The summed E-state index contributed by atoms with van der Waals surface area (Å²) in [6, 6.07) is 12.1. The van der Waals surface area contributed by atoms with Crippen LogP contribution in [0.3, 0.4) is 0 Å². The van der Waals surface area contributed by atoms with E-state index in [9.17, 15) is 14.7 Å². The fourth-order valence-corrected chi connectivity index (χ4v) is 5.37. The number of amides is 1. The van der Waals surface area contributed by atoms with Gasteiger partial charge in [0.15, 0.2) is 5.82 Å². The average Bonchev–Trinajstić information content (AvgIpc) is 2.99. The van der Waals surface area contributed by atoms with Gasteiger partial charge in [-0.1, -0.05) is 41.9 Å². The lowest BCUT2D eigenvalue weighted by molar-refractivity contribution is -0.142. The summed E-state index contributed by atoms with van der Waals surface area (Å²) in [6.07, 6.45) is 5.11. The second-order valence-electron chi connectivity index (χ2n) is 9.92. The molecule has 3 aromatic carbocycles. The number of hydrogen-bond acceptors (Lipinski definition) is 8. The molecule has 12 heteroatoms. The molecule has 2 heterocycles. The first-order valence-corrected chi connectivity index (χ1v) is 14.1. The number of fused-ring (bicyclic) bond motifs is 2. The molecule has 0 unspecified atom stereocenters. The van der Waals surface area contributed by atoms with Crippen molar-refractivity contribution in [2.45, 2.75) is 6.42 Å². The molecule has 1 aliphatic rings. The van der Waals surface area contributed by atoms with E-state index in [4.69, 9.17) is 26.2 Å². The summed E-state index contributed by atoms with van der Waals surface area (Å²) in [4.78, 5) is 35.4. The Morgan fingerprint density at radius 1 is 1.00 bits per heavy atom. The van der Waals surface area contributed by atoms with Crippen LogP contribution in [0.25, 0.3) is 32.8 Å². The zero-order chi connectivity index (χ0) is 30.3. The van der Waals surface area contributed by atoms with Crippen LogP contribution in [0.2, 0.25) is 5.02 Å². The van der Waals surface area contributed by atoms with E-state index in [0.717, 1.165) is 10.8 Å². The van der Waals surface area contributed by atoms with Crippen LogP contribution in [0.5, 0.6) is 5.75 Å². The molecule has 0 radical (unpaired) electrons. The van der Waals surface area contributed by atoms with Gasteiger partial charge in [-0.05, 0) is 47.0 Å². The van der Waals surface area contributed by atoms with E-state index in [1.54, 1.807) is 23.1 Å². The molecule has 224 valence electrons. The number of ether oxygens (including phenoxy) is 2. The van der Waals surface area contributed by atoms with Gasteiger partial charge in [0.1, 0.15) is 30.0 Å². The number of benzene rings is 3. The summed E-state index contributed by atoms with van der Waals surface area (Å²) in [5.41, 5.74) is 0.746. The predicted octanol–water partition coefficient (Wildman–Crippen LogP) is 4.66. The molecule has 1 fully saturated rings. The van der Waals surface area contributed by atoms with E-state index in [0.29, 0.717) is 56.0 Å². The molecular formula is C31H30ClFN4O6. The molecular weight excluding hydrogens is 579 g/mol. The number of aromatic nitrogens is 2. The number of aromatic hydroxyl groups is 1.